The highest BCUT2D eigenvalue weighted by atomic mass is 32.1. The van der Waals surface area contributed by atoms with Crippen molar-refractivity contribution in [1.82, 2.24) is 19.9 Å². The summed E-state index contributed by atoms with van der Waals surface area (Å²) >= 11 is 1.67. The zero-order valence-electron chi connectivity index (χ0n) is 15.6. The molecule has 1 aromatic carbocycles. The van der Waals surface area contributed by atoms with E-state index in [1.807, 2.05) is 38.1 Å². The zero-order valence-corrected chi connectivity index (χ0v) is 16.4. The summed E-state index contributed by atoms with van der Waals surface area (Å²) < 4.78 is 5.48. The number of anilines is 2. The van der Waals surface area contributed by atoms with E-state index in [4.69, 9.17) is 9.72 Å². The van der Waals surface area contributed by atoms with E-state index in [1.54, 1.807) is 11.3 Å². The maximum Gasteiger partial charge on any atom is 0.229 e. The Bertz CT molecular complexity index is 886. The third kappa shape index (κ3) is 4.50. The molecule has 0 saturated carbocycles. The molecule has 1 aliphatic rings. The van der Waals surface area contributed by atoms with Crippen LogP contribution < -0.4 is 5.32 Å². The minimum absolute atomic E-state index is 0.596. The average Bonchev–Trinajstić information content (AvgIpc) is 3.04. The van der Waals surface area contributed by atoms with Crippen molar-refractivity contribution >= 4 is 22.4 Å². The van der Waals surface area contributed by atoms with Crippen LogP contribution >= 0.6 is 11.3 Å². The van der Waals surface area contributed by atoms with Crippen molar-refractivity contribution in [2.45, 2.75) is 20.4 Å². The van der Waals surface area contributed by atoms with Crippen LogP contribution in [0.4, 0.5) is 11.1 Å². The first-order valence-corrected chi connectivity index (χ1v) is 9.93. The predicted octanol–water partition coefficient (Wildman–Crippen LogP) is 3.79. The maximum atomic E-state index is 5.48. The number of rotatable bonds is 5. The van der Waals surface area contributed by atoms with Crippen LogP contribution in [0.5, 0.6) is 0 Å². The molecule has 3 heterocycles. The number of ether oxygens (including phenoxy) is 1. The van der Waals surface area contributed by atoms with Crippen LogP contribution in [0, 0.1) is 13.8 Å². The summed E-state index contributed by atoms with van der Waals surface area (Å²) in [5.74, 6) is 0.596. The van der Waals surface area contributed by atoms with Crippen molar-refractivity contribution in [2.75, 3.05) is 31.6 Å². The Hall–Kier alpha value is -2.35. The molecule has 2 aromatic heterocycles. The highest BCUT2D eigenvalue weighted by molar-refractivity contribution is 7.16. The molecule has 0 atom stereocenters. The van der Waals surface area contributed by atoms with Crippen molar-refractivity contribution in [3.63, 3.8) is 0 Å². The summed E-state index contributed by atoms with van der Waals surface area (Å²) in [5, 5.41) is 4.12. The second-order valence-electron chi connectivity index (χ2n) is 6.64. The van der Waals surface area contributed by atoms with E-state index in [0.717, 1.165) is 60.6 Å². The molecule has 27 heavy (non-hydrogen) atoms. The Labute approximate surface area is 163 Å². The molecule has 0 aliphatic carbocycles. The molecule has 0 radical (unpaired) electrons. The first-order chi connectivity index (χ1) is 13.2. The molecule has 0 spiro atoms. The normalized spacial score (nSPS) is 15.0. The van der Waals surface area contributed by atoms with Crippen LogP contribution in [0.25, 0.3) is 11.3 Å². The molecule has 6 nitrogen and oxygen atoms in total. The van der Waals surface area contributed by atoms with E-state index >= 15 is 0 Å². The van der Waals surface area contributed by atoms with Crippen LogP contribution in [0.15, 0.2) is 36.4 Å². The number of aryl methyl sites for hydroxylation is 2. The summed E-state index contributed by atoms with van der Waals surface area (Å²) in [5.41, 5.74) is 4.04. The third-order valence-electron chi connectivity index (χ3n) is 4.42. The molecule has 0 bridgehead atoms. The Balaban J connectivity index is 1.64. The minimum Gasteiger partial charge on any atom is -0.379 e. The lowest BCUT2D eigenvalue weighted by Crippen LogP contribution is -2.35. The van der Waals surface area contributed by atoms with Crippen LogP contribution in [0.2, 0.25) is 0 Å². The first kappa shape index (κ1) is 18.0. The lowest BCUT2D eigenvalue weighted by Gasteiger charge is -2.26. The molecule has 3 aromatic rings. The van der Waals surface area contributed by atoms with Crippen molar-refractivity contribution < 1.29 is 4.74 Å². The standard InChI is InChI=1S/C20H23N5OS/c1-14-12-15(2)22-19(21-14)24-20-23-18(16-6-4-3-5-7-16)17(27-20)13-25-8-10-26-11-9-25/h3-7,12H,8-11,13H2,1-2H3,(H,21,22,23,24). The van der Waals surface area contributed by atoms with Crippen LogP contribution in [-0.4, -0.2) is 46.2 Å². The summed E-state index contributed by atoms with van der Waals surface area (Å²) in [4.78, 5) is 17.5. The number of benzene rings is 1. The summed E-state index contributed by atoms with van der Waals surface area (Å²) in [6.07, 6.45) is 0. The molecule has 1 saturated heterocycles. The fourth-order valence-corrected chi connectivity index (χ4v) is 4.19. The van der Waals surface area contributed by atoms with Gasteiger partial charge in [0.25, 0.3) is 0 Å². The van der Waals surface area contributed by atoms with Gasteiger partial charge in [0.15, 0.2) is 5.13 Å². The highest BCUT2D eigenvalue weighted by Crippen LogP contribution is 2.33. The van der Waals surface area contributed by atoms with Crippen LogP contribution in [0.3, 0.4) is 0 Å². The van der Waals surface area contributed by atoms with Gasteiger partial charge in [-0.25, -0.2) is 15.0 Å². The molecular formula is C20H23N5OS. The topological polar surface area (TPSA) is 63.2 Å². The summed E-state index contributed by atoms with van der Waals surface area (Å²) in [6.45, 7) is 8.31. The van der Waals surface area contributed by atoms with E-state index in [-0.39, 0.29) is 0 Å². The van der Waals surface area contributed by atoms with Gasteiger partial charge in [0.05, 0.1) is 18.9 Å². The Kier molecular flexibility index (Phi) is 5.42. The van der Waals surface area contributed by atoms with Crippen LogP contribution in [0.1, 0.15) is 16.3 Å². The molecule has 1 N–H and O–H groups in total. The van der Waals surface area contributed by atoms with E-state index in [0.29, 0.717) is 5.95 Å². The fraction of sp³-hybridized carbons (Fsp3) is 0.350. The number of aromatic nitrogens is 3. The smallest absolute Gasteiger partial charge is 0.229 e. The largest absolute Gasteiger partial charge is 0.379 e. The quantitative estimate of drug-likeness (QED) is 0.725. The molecule has 0 unspecified atom stereocenters. The average molecular weight is 382 g/mol. The Morgan fingerprint density at radius 3 is 2.44 bits per heavy atom. The second kappa shape index (κ2) is 8.12. The van der Waals surface area contributed by atoms with Gasteiger partial charge in [-0.3, -0.25) is 4.90 Å². The number of hydrogen-bond acceptors (Lipinski definition) is 7. The number of thiazole rings is 1. The van der Waals surface area contributed by atoms with E-state index in [2.05, 4.69) is 32.3 Å². The molecule has 140 valence electrons. The highest BCUT2D eigenvalue weighted by Gasteiger charge is 2.18. The molecule has 4 rings (SSSR count). The first-order valence-electron chi connectivity index (χ1n) is 9.12. The lowest BCUT2D eigenvalue weighted by atomic mass is 10.1. The fourth-order valence-electron chi connectivity index (χ4n) is 3.17. The van der Waals surface area contributed by atoms with Gasteiger partial charge in [-0.15, -0.1) is 0 Å². The molecule has 7 heteroatoms. The van der Waals surface area contributed by atoms with Crippen molar-refractivity contribution in [2.24, 2.45) is 0 Å². The molecular weight excluding hydrogens is 358 g/mol. The van der Waals surface area contributed by atoms with Gasteiger partial charge < -0.3 is 10.1 Å². The van der Waals surface area contributed by atoms with Gasteiger partial charge in [-0.1, -0.05) is 41.7 Å². The summed E-state index contributed by atoms with van der Waals surface area (Å²) in [7, 11) is 0. The van der Waals surface area contributed by atoms with E-state index in [9.17, 15) is 0 Å². The molecule has 1 fully saturated rings. The van der Waals surface area contributed by atoms with Gasteiger partial charge in [0.1, 0.15) is 0 Å². The molecule has 1 aliphatic heterocycles. The van der Waals surface area contributed by atoms with Crippen molar-refractivity contribution in [3.05, 3.63) is 52.7 Å². The Morgan fingerprint density at radius 2 is 1.74 bits per heavy atom. The van der Waals surface area contributed by atoms with Crippen molar-refractivity contribution in [3.8, 4) is 11.3 Å². The van der Waals surface area contributed by atoms with Gasteiger partial charge in [0.2, 0.25) is 5.95 Å². The van der Waals surface area contributed by atoms with Crippen LogP contribution in [-0.2, 0) is 11.3 Å². The SMILES string of the molecule is Cc1cc(C)nc(Nc2nc(-c3ccccc3)c(CN3CCOCC3)s2)n1. The monoisotopic (exact) mass is 381 g/mol. The third-order valence-corrected chi connectivity index (χ3v) is 5.37. The number of nitrogens with one attached hydrogen (secondary N) is 1. The van der Waals surface area contributed by atoms with E-state index in [1.165, 1.54) is 4.88 Å². The summed E-state index contributed by atoms with van der Waals surface area (Å²) in [6, 6.07) is 12.3. The molecule has 0 amide bonds. The number of hydrogen-bond donors (Lipinski definition) is 1. The maximum absolute atomic E-state index is 5.48. The Morgan fingerprint density at radius 1 is 1.04 bits per heavy atom. The van der Waals surface area contributed by atoms with Crippen molar-refractivity contribution in [1.29, 1.82) is 0 Å². The predicted molar refractivity (Wildman–Crippen MR) is 108 cm³/mol. The zero-order chi connectivity index (χ0) is 18.6. The minimum atomic E-state index is 0.596. The number of nitrogens with zero attached hydrogens (tertiary/aromatic N) is 4. The second-order valence-corrected chi connectivity index (χ2v) is 7.73. The van der Waals surface area contributed by atoms with Gasteiger partial charge >= 0.3 is 0 Å². The number of morpholine rings is 1. The lowest BCUT2D eigenvalue weighted by molar-refractivity contribution is 0.0347. The van der Waals surface area contributed by atoms with Gasteiger partial charge in [0, 0.05) is 41.5 Å². The van der Waals surface area contributed by atoms with Gasteiger partial charge in [-0.05, 0) is 19.9 Å². The van der Waals surface area contributed by atoms with Gasteiger partial charge in [-0.2, -0.15) is 0 Å². The van der Waals surface area contributed by atoms with E-state index < -0.39 is 0 Å².